The second kappa shape index (κ2) is 10.8. The van der Waals surface area contributed by atoms with Gasteiger partial charge in [0, 0.05) is 25.1 Å². The van der Waals surface area contributed by atoms with Crippen molar-refractivity contribution in [1.29, 1.82) is 0 Å². The van der Waals surface area contributed by atoms with Crippen LogP contribution in [0.4, 0.5) is 5.82 Å². The number of methoxy groups -OCH3 is 1. The molecule has 0 fully saturated rings. The number of aromatic nitrogens is 2. The van der Waals surface area contributed by atoms with Crippen LogP contribution in [0.5, 0.6) is 5.75 Å². The highest BCUT2D eigenvalue weighted by molar-refractivity contribution is 7.92. The lowest BCUT2D eigenvalue weighted by atomic mass is 10.1. The number of esters is 2. The molecule has 0 aliphatic heterocycles. The second-order valence-corrected chi connectivity index (χ2v) is 10.7. The molecule has 0 aliphatic carbocycles. The number of sulfonamides is 1. The van der Waals surface area contributed by atoms with Crippen LogP contribution >= 0.6 is 0 Å². The van der Waals surface area contributed by atoms with Crippen molar-refractivity contribution in [2.24, 2.45) is 0 Å². The summed E-state index contributed by atoms with van der Waals surface area (Å²) in [7, 11) is -1.30. The van der Waals surface area contributed by atoms with Crippen LogP contribution < -0.4 is 4.31 Å². The molecule has 1 N–H and O–H groups in total. The van der Waals surface area contributed by atoms with Crippen LogP contribution in [0, 0.1) is 0 Å². The molecular formula is C22H31N3O7S. The van der Waals surface area contributed by atoms with Crippen molar-refractivity contribution in [3.63, 3.8) is 0 Å². The average molecular weight is 482 g/mol. The molecule has 0 amide bonds. The molecular weight excluding hydrogens is 450 g/mol. The molecule has 0 atom stereocenters. The fourth-order valence-electron chi connectivity index (χ4n) is 3.15. The Kier molecular flexibility index (Phi) is 8.59. The smallest absolute Gasteiger partial charge is 0.360 e. The van der Waals surface area contributed by atoms with Crippen LogP contribution in [0.25, 0.3) is 10.9 Å². The number of nitrogens with zero attached hydrogens (tertiary/aromatic N) is 3. The number of pyridine rings is 2. The van der Waals surface area contributed by atoms with Gasteiger partial charge in [-0.3, -0.25) is 14.1 Å². The van der Waals surface area contributed by atoms with Crippen molar-refractivity contribution >= 4 is 38.7 Å². The number of rotatable bonds is 10. The van der Waals surface area contributed by atoms with Gasteiger partial charge >= 0.3 is 11.9 Å². The van der Waals surface area contributed by atoms with Crippen LogP contribution in [0.15, 0.2) is 18.3 Å². The van der Waals surface area contributed by atoms with Gasteiger partial charge in [-0.05, 0) is 45.7 Å². The van der Waals surface area contributed by atoms with E-state index in [1.165, 1.54) is 13.2 Å². The number of unbranched alkanes of at least 4 members (excludes halogenated alkanes) is 3. The third kappa shape index (κ3) is 7.01. The molecule has 10 nitrogen and oxygen atoms in total. The molecule has 0 saturated carbocycles. The normalized spacial score (nSPS) is 11.9. The molecule has 0 saturated heterocycles. The van der Waals surface area contributed by atoms with Gasteiger partial charge in [0.05, 0.1) is 12.9 Å². The van der Waals surface area contributed by atoms with Crippen LogP contribution in [0.3, 0.4) is 0 Å². The van der Waals surface area contributed by atoms with Crippen LogP contribution in [-0.4, -0.2) is 60.9 Å². The lowest BCUT2D eigenvalue weighted by Gasteiger charge is -2.21. The second-order valence-electron chi connectivity index (χ2n) is 8.56. The molecule has 33 heavy (non-hydrogen) atoms. The number of carbonyl (C=O) groups excluding carboxylic acids is 2. The van der Waals surface area contributed by atoms with Crippen LogP contribution in [-0.2, 0) is 24.3 Å². The summed E-state index contributed by atoms with van der Waals surface area (Å²) in [5.74, 6) is -1.82. The molecule has 2 aromatic rings. The summed E-state index contributed by atoms with van der Waals surface area (Å²) >= 11 is 0. The molecule has 2 rings (SSSR count). The first-order valence-electron chi connectivity index (χ1n) is 10.6. The van der Waals surface area contributed by atoms with E-state index in [0.717, 1.165) is 11.4 Å². The summed E-state index contributed by atoms with van der Waals surface area (Å²) in [5, 5.41) is 10.6. The van der Waals surface area contributed by atoms with Gasteiger partial charge in [-0.15, -0.1) is 0 Å². The third-order valence-electron chi connectivity index (χ3n) is 4.76. The number of anilines is 1. The summed E-state index contributed by atoms with van der Waals surface area (Å²) in [6.07, 6.45) is 4.02. The molecule has 0 aliphatic rings. The van der Waals surface area contributed by atoms with Gasteiger partial charge in [0.2, 0.25) is 10.0 Å². The molecule has 11 heteroatoms. The molecule has 2 aromatic heterocycles. The largest absolute Gasteiger partial charge is 0.504 e. The fraction of sp³-hybridized carbons (Fsp3) is 0.545. The van der Waals surface area contributed by atoms with E-state index >= 15 is 0 Å². The summed E-state index contributed by atoms with van der Waals surface area (Å²) in [5.41, 5.74) is -0.888. The SMILES string of the molecule is COC(=O)c1nc(N(C)S(=O)(=O)CCCCCCC(=O)OC(C)(C)C)c2cccnc2c1O. The van der Waals surface area contributed by atoms with E-state index in [-0.39, 0.29) is 34.9 Å². The first-order chi connectivity index (χ1) is 15.4. The average Bonchev–Trinajstić information content (AvgIpc) is 2.74. The van der Waals surface area contributed by atoms with Gasteiger partial charge in [0.25, 0.3) is 0 Å². The highest BCUT2D eigenvalue weighted by Gasteiger charge is 2.27. The molecule has 0 spiro atoms. The summed E-state index contributed by atoms with van der Waals surface area (Å²) in [6, 6.07) is 3.14. The number of hydrogen-bond donors (Lipinski definition) is 1. The maximum atomic E-state index is 12.9. The zero-order chi connectivity index (χ0) is 24.8. The third-order valence-corrected chi connectivity index (χ3v) is 6.57. The van der Waals surface area contributed by atoms with E-state index in [1.54, 1.807) is 12.1 Å². The van der Waals surface area contributed by atoms with Crippen molar-refractivity contribution in [1.82, 2.24) is 9.97 Å². The van der Waals surface area contributed by atoms with E-state index < -0.39 is 33.0 Å². The molecule has 0 bridgehead atoms. The van der Waals surface area contributed by atoms with Gasteiger partial charge in [-0.1, -0.05) is 12.8 Å². The molecule has 2 heterocycles. The zero-order valence-electron chi connectivity index (χ0n) is 19.6. The Labute approximate surface area is 194 Å². The Morgan fingerprint density at radius 2 is 1.82 bits per heavy atom. The number of carbonyl (C=O) groups is 2. The topological polar surface area (TPSA) is 136 Å². The first kappa shape index (κ1) is 26.3. The molecule has 182 valence electrons. The van der Waals surface area contributed by atoms with Gasteiger partial charge in [-0.25, -0.2) is 18.2 Å². The van der Waals surface area contributed by atoms with Gasteiger partial charge in [-0.2, -0.15) is 0 Å². The first-order valence-corrected chi connectivity index (χ1v) is 12.2. The summed E-state index contributed by atoms with van der Waals surface area (Å²) in [4.78, 5) is 31.9. The number of aromatic hydroxyl groups is 1. The van der Waals surface area contributed by atoms with E-state index in [0.29, 0.717) is 25.7 Å². The highest BCUT2D eigenvalue weighted by atomic mass is 32.2. The maximum Gasteiger partial charge on any atom is 0.360 e. The Bertz CT molecular complexity index is 1110. The Balaban J connectivity index is 2.06. The number of fused-ring (bicyclic) bond motifs is 1. The van der Waals surface area contributed by atoms with Crippen molar-refractivity contribution < 1.29 is 32.6 Å². The van der Waals surface area contributed by atoms with Gasteiger partial charge < -0.3 is 14.6 Å². The molecule has 0 radical (unpaired) electrons. The summed E-state index contributed by atoms with van der Waals surface area (Å²) < 4.78 is 36.7. The monoisotopic (exact) mass is 481 g/mol. The van der Waals surface area contributed by atoms with Gasteiger partial charge in [0.1, 0.15) is 11.1 Å². The Hall–Kier alpha value is -2.95. The van der Waals surface area contributed by atoms with E-state index in [9.17, 15) is 23.1 Å². The molecule has 0 aromatic carbocycles. The van der Waals surface area contributed by atoms with E-state index in [4.69, 9.17) is 4.74 Å². The zero-order valence-corrected chi connectivity index (χ0v) is 20.4. The minimum absolute atomic E-state index is 0.0266. The quantitative estimate of drug-likeness (QED) is 0.401. The fourth-order valence-corrected chi connectivity index (χ4v) is 4.40. The van der Waals surface area contributed by atoms with Gasteiger partial charge in [0.15, 0.2) is 17.3 Å². The lowest BCUT2D eigenvalue weighted by molar-refractivity contribution is -0.154. The number of ether oxygens (including phenoxy) is 2. The van der Waals surface area contributed by atoms with Crippen LogP contribution in [0.1, 0.15) is 63.4 Å². The summed E-state index contributed by atoms with van der Waals surface area (Å²) in [6.45, 7) is 5.42. The Morgan fingerprint density at radius 1 is 1.15 bits per heavy atom. The van der Waals surface area contributed by atoms with Crippen molar-refractivity contribution in [3.8, 4) is 5.75 Å². The van der Waals surface area contributed by atoms with E-state index in [1.807, 2.05) is 20.8 Å². The maximum absolute atomic E-state index is 12.9. The predicted octanol–water partition coefficient (Wildman–Crippen LogP) is 3.18. The van der Waals surface area contributed by atoms with E-state index in [2.05, 4.69) is 14.7 Å². The minimum atomic E-state index is -3.78. The number of hydrogen-bond acceptors (Lipinski definition) is 9. The molecule has 0 unspecified atom stereocenters. The minimum Gasteiger partial charge on any atom is -0.504 e. The van der Waals surface area contributed by atoms with Crippen molar-refractivity contribution in [3.05, 3.63) is 24.0 Å². The highest BCUT2D eigenvalue weighted by Crippen LogP contribution is 2.33. The standard InChI is InChI=1S/C22H31N3O7S/c1-22(2,3)32-16(26)12-8-6-7-9-14-33(29,30)25(4)20-15-11-10-13-23-17(15)19(27)18(24-20)21(28)31-5/h10-11,13,27H,6-9,12,14H2,1-5H3. The lowest BCUT2D eigenvalue weighted by Crippen LogP contribution is -2.30. The Morgan fingerprint density at radius 3 is 2.45 bits per heavy atom. The van der Waals surface area contributed by atoms with Crippen molar-refractivity contribution in [2.45, 2.75) is 58.5 Å². The van der Waals surface area contributed by atoms with Crippen LogP contribution in [0.2, 0.25) is 0 Å². The predicted molar refractivity (Wildman–Crippen MR) is 124 cm³/mol. The van der Waals surface area contributed by atoms with Crippen molar-refractivity contribution in [2.75, 3.05) is 24.2 Å².